The summed E-state index contributed by atoms with van der Waals surface area (Å²) in [6.07, 6.45) is 6.30. The molecule has 0 unspecified atom stereocenters. The van der Waals surface area contributed by atoms with Gasteiger partial charge in [0.1, 0.15) is 5.75 Å². The maximum Gasteiger partial charge on any atom is 0.270 e. The van der Waals surface area contributed by atoms with Gasteiger partial charge >= 0.3 is 0 Å². The molecule has 0 aromatic heterocycles. The number of non-ortho nitro benzene ring substituents is 1. The molecule has 1 fully saturated rings. The van der Waals surface area contributed by atoms with Gasteiger partial charge in [-0.15, -0.1) is 12.4 Å². The number of nitrogens with two attached hydrogens (primary N) is 1. The van der Waals surface area contributed by atoms with Crippen molar-refractivity contribution in [2.24, 2.45) is 11.7 Å². The SMILES string of the molecule is Cl.NCc1cc([N+](=O)[O-])ccc1OCC1CCCCC1. The van der Waals surface area contributed by atoms with Gasteiger partial charge < -0.3 is 10.5 Å². The molecule has 1 aromatic carbocycles. The predicted octanol–water partition coefficient (Wildman–Crippen LogP) is 3.43. The van der Waals surface area contributed by atoms with E-state index in [0.29, 0.717) is 23.8 Å². The van der Waals surface area contributed by atoms with Crippen LogP contribution in [-0.4, -0.2) is 11.5 Å². The second kappa shape index (κ2) is 8.07. The van der Waals surface area contributed by atoms with E-state index in [2.05, 4.69) is 0 Å². The molecule has 0 saturated heterocycles. The number of nitro groups is 1. The molecule has 1 aliphatic rings. The molecule has 2 N–H and O–H groups in total. The van der Waals surface area contributed by atoms with E-state index in [1.807, 2.05) is 0 Å². The van der Waals surface area contributed by atoms with E-state index in [1.165, 1.54) is 44.2 Å². The number of nitrogens with zero attached hydrogens (tertiary/aromatic N) is 1. The second-order valence-electron chi connectivity index (χ2n) is 5.07. The van der Waals surface area contributed by atoms with Gasteiger partial charge in [-0.25, -0.2) is 0 Å². The third-order valence-corrected chi connectivity index (χ3v) is 3.67. The third-order valence-electron chi connectivity index (χ3n) is 3.67. The molecule has 0 radical (unpaired) electrons. The summed E-state index contributed by atoms with van der Waals surface area (Å²) in [5, 5.41) is 10.7. The van der Waals surface area contributed by atoms with Crippen LogP contribution in [0.25, 0.3) is 0 Å². The molecule has 0 aliphatic heterocycles. The van der Waals surface area contributed by atoms with Crippen LogP contribution >= 0.6 is 12.4 Å². The molecule has 1 aromatic rings. The first-order valence-corrected chi connectivity index (χ1v) is 6.81. The highest BCUT2D eigenvalue weighted by atomic mass is 35.5. The highest BCUT2D eigenvalue weighted by Crippen LogP contribution is 2.27. The van der Waals surface area contributed by atoms with Gasteiger partial charge in [0.15, 0.2) is 0 Å². The van der Waals surface area contributed by atoms with E-state index in [0.717, 1.165) is 0 Å². The van der Waals surface area contributed by atoms with Crippen molar-refractivity contribution in [2.75, 3.05) is 6.61 Å². The summed E-state index contributed by atoms with van der Waals surface area (Å²) in [5.74, 6) is 1.29. The number of hydrogen-bond acceptors (Lipinski definition) is 4. The van der Waals surface area contributed by atoms with E-state index in [9.17, 15) is 10.1 Å². The van der Waals surface area contributed by atoms with Crippen LogP contribution in [0.3, 0.4) is 0 Å². The number of benzene rings is 1. The van der Waals surface area contributed by atoms with Gasteiger partial charge in [0.2, 0.25) is 0 Å². The van der Waals surface area contributed by atoms with Gasteiger partial charge in [0.05, 0.1) is 11.5 Å². The monoisotopic (exact) mass is 300 g/mol. The Morgan fingerprint density at radius 1 is 1.30 bits per heavy atom. The third kappa shape index (κ3) is 4.35. The molecule has 0 atom stereocenters. The fourth-order valence-corrected chi connectivity index (χ4v) is 2.54. The number of nitro benzene ring substituents is 1. The Kier molecular flexibility index (Phi) is 6.75. The highest BCUT2D eigenvalue weighted by molar-refractivity contribution is 5.85. The Labute approximate surface area is 125 Å². The van der Waals surface area contributed by atoms with Crippen LogP contribution in [0.1, 0.15) is 37.7 Å². The average molecular weight is 301 g/mol. The molecule has 6 heteroatoms. The zero-order valence-corrected chi connectivity index (χ0v) is 12.2. The van der Waals surface area contributed by atoms with Crippen molar-refractivity contribution in [1.82, 2.24) is 0 Å². The zero-order valence-electron chi connectivity index (χ0n) is 11.4. The van der Waals surface area contributed by atoms with E-state index >= 15 is 0 Å². The van der Waals surface area contributed by atoms with Gasteiger partial charge in [-0.3, -0.25) is 10.1 Å². The largest absolute Gasteiger partial charge is 0.493 e. The average Bonchev–Trinajstić information content (AvgIpc) is 2.45. The predicted molar refractivity (Wildman–Crippen MR) is 80.3 cm³/mol. The fraction of sp³-hybridized carbons (Fsp3) is 0.571. The Morgan fingerprint density at radius 3 is 2.60 bits per heavy atom. The van der Waals surface area contributed by atoms with Crippen LogP contribution in [0, 0.1) is 16.0 Å². The van der Waals surface area contributed by atoms with Crippen LogP contribution in [0.5, 0.6) is 5.75 Å². The van der Waals surface area contributed by atoms with Gasteiger partial charge in [0, 0.05) is 24.2 Å². The zero-order chi connectivity index (χ0) is 13.7. The molecule has 2 rings (SSSR count). The summed E-state index contributed by atoms with van der Waals surface area (Å²) < 4.78 is 5.80. The van der Waals surface area contributed by atoms with Crippen LogP contribution in [0.4, 0.5) is 5.69 Å². The Morgan fingerprint density at radius 2 is 2.00 bits per heavy atom. The standard InChI is InChI=1S/C14H20N2O3.ClH/c15-9-12-8-13(16(17)18)6-7-14(12)19-10-11-4-2-1-3-5-11;/h6-8,11H,1-5,9-10,15H2;1H. The molecule has 0 spiro atoms. The van der Waals surface area contributed by atoms with Crippen molar-refractivity contribution in [3.05, 3.63) is 33.9 Å². The summed E-state index contributed by atoms with van der Waals surface area (Å²) in [4.78, 5) is 10.3. The molecular weight excluding hydrogens is 280 g/mol. The first-order valence-electron chi connectivity index (χ1n) is 6.81. The normalized spacial score (nSPS) is 15.4. The van der Waals surface area contributed by atoms with Gasteiger partial charge in [-0.2, -0.15) is 0 Å². The molecule has 1 saturated carbocycles. The lowest BCUT2D eigenvalue weighted by Gasteiger charge is -2.22. The molecule has 20 heavy (non-hydrogen) atoms. The molecule has 0 heterocycles. The fourth-order valence-electron chi connectivity index (χ4n) is 2.54. The Balaban J connectivity index is 0.00000200. The molecular formula is C14H21ClN2O3. The maximum absolute atomic E-state index is 10.7. The Bertz CT molecular complexity index is 448. The lowest BCUT2D eigenvalue weighted by molar-refractivity contribution is -0.384. The van der Waals surface area contributed by atoms with Crippen LogP contribution in [-0.2, 0) is 6.54 Å². The minimum atomic E-state index is -0.413. The molecule has 0 bridgehead atoms. The summed E-state index contributed by atoms with van der Waals surface area (Å²) in [6.45, 7) is 0.937. The summed E-state index contributed by atoms with van der Waals surface area (Å²) >= 11 is 0. The quantitative estimate of drug-likeness (QED) is 0.667. The number of ether oxygens (including phenoxy) is 1. The van der Waals surface area contributed by atoms with Gasteiger partial charge in [-0.1, -0.05) is 19.3 Å². The summed E-state index contributed by atoms with van der Waals surface area (Å²) in [5.41, 5.74) is 6.39. The van der Waals surface area contributed by atoms with E-state index in [-0.39, 0.29) is 24.6 Å². The highest BCUT2D eigenvalue weighted by Gasteiger charge is 2.16. The van der Waals surface area contributed by atoms with Crippen LogP contribution in [0.2, 0.25) is 0 Å². The number of halogens is 1. The van der Waals surface area contributed by atoms with E-state index < -0.39 is 4.92 Å². The Hall–Kier alpha value is -1.33. The minimum Gasteiger partial charge on any atom is -0.493 e. The first kappa shape index (κ1) is 16.7. The van der Waals surface area contributed by atoms with Gasteiger partial charge in [-0.05, 0) is 24.8 Å². The number of hydrogen-bond donors (Lipinski definition) is 1. The molecule has 5 nitrogen and oxygen atoms in total. The molecule has 1 aliphatic carbocycles. The molecule has 112 valence electrons. The lowest BCUT2D eigenvalue weighted by atomic mass is 9.90. The van der Waals surface area contributed by atoms with Crippen molar-refractivity contribution in [3.8, 4) is 5.75 Å². The van der Waals surface area contributed by atoms with Crippen molar-refractivity contribution in [1.29, 1.82) is 0 Å². The number of rotatable bonds is 5. The first-order chi connectivity index (χ1) is 9.20. The van der Waals surface area contributed by atoms with E-state index in [4.69, 9.17) is 10.5 Å². The van der Waals surface area contributed by atoms with Crippen LogP contribution < -0.4 is 10.5 Å². The van der Waals surface area contributed by atoms with Crippen molar-refractivity contribution in [2.45, 2.75) is 38.6 Å². The minimum absolute atomic E-state index is 0. The van der Waals surface area contributed by atoms with Crippen molar-refractivity contribution >= 4 is 18.1 Å². The second-order valence-corrected chi connectivity index (χ2v) is 5.07. The maximum atomic E-state index is 10.7. The summed E-state index contributed by atoms with van der Waals surface area (Å²) in [6, 6.07) is 4.62. The van der Waals surface area contributed by atoms with Gasteiger partial charge in [0.25, 0.3) is 5.69 Å². The summed E-state index contributed by atoms with van der Waals surface area (Å²) in [7, 11) is 0. The molecule has 0 amide bonds. The topological polar surface area (TPSA) is 78.4 Å². The van der Waals surface area contributed by atoms with Crippen molar-refractivity contribution < 1.29 is 9.66 Å². The van der Waals surface area contributed by atoms with Crippen LogP contribution in [0.15, 0.2) is 18.2 Å². The van der Waals surface area contributed by atoms with E-state index in [1.54, 1.807) is 6.07 Å². The van der Waals surface area contributed by atoms with Crippen molar-refractivity contribution in [3.63, 3.8) is 0 Å². The smallest absolute Gasteiger partial charge is 0.270 e. The lowest BCUT2D eigenvalue weighted by Crippen LogP contribution is -2.16.